The maximum Gasteiger partial charge on any atom is 0.358 e. The lowest BCUT2D eigenvalue weighted by molar-refractivity contribution is 0.0687. The van der Waals surface area contributed by atoms with E-state index in [0.717, 1.165) is 11.1 Å². The van der Waals surface area contributed by atoms with Gasteiger partial charge in [-0.05, 0) is 49.2 Å². The van der Waals surface area contributed by atoms with Gasteiger partial charge in [0.05, 0.1) is 0 Å². The van der Waals surface area contributed by atoms with Crippen LogP contribution in [-0.2, 0) is 0 Å². The predicted molar refractivity (Wildman–Crippen MR) is 67.2 cm³/mol. The van der Waals surface area contributed by atoms with Crippen LogP contribution in [0, 0.1) is 13.8 Å². The molecule has 2 aromatic rings. The fourth-order valence-corrected chi connectivity index (χ4v) is 1.54. The fourth-order valence-electron chi connectivity index (χ4n) is 1.54. The Labute approximate surface area is 105 Å². The van der Waals surface area contributed by atoms with Gasteiger partial charge in [-0.3, -0.25) is 0 Å². The molecule has 0 radical (unpaired) electrons. The van der Waals surface area contributed by atoms with Crippen LogP contribution in [0.15, 0.2) is 36.5 Å². The van der Waals surface area contributed by atoms with Crippen LogP contribution in [-0.4, -0.2) is 16.1 Å². The number of carbonyl (C=O) groups is 1. The highest BCUT2D eigenvalue weighted by molar-refractivity contribution is 5.88. The number of benzene rings is 1. The zero-order valence-corrected chi connectivity index (χ0v) is 10.2. The first-order valence-corrected chi connectivity index (χ1v) is 5.51. The summed E-state index contributed by atoms with van der Waals surface area (Å²) in [5.74, 6) is -0.253. The molecule has 0 unspecified atom stereocenters. The van der Waals surface area contributed by atoms with Crippen molar-refractivity contribution in [3.63, 3.8) is 0 Å². The average Bonchev–Trinajstić information content (AvgIpc) is 2.34. The molecule has 1 N–H and O–H groups in total. The van der Waals surface area contributed by atoms with E-state index in [2.05, 4.69) is 4.98 Å². The first-order chi connectivity index (χ1) is 8.58. The summed E-state index contributed by atoms with van der Waals surface area (Å²) in [6, 6.07) is 8.84. The number of pyridine rings is 1. The first kappa shape index (κ1) is 12.1. The number of hydrogen-bond acceptors (Lipinski definition) is 3. The van der Waals surface area contributed by atoms with E-state index in [4.69, 9.17) is 9.84 Å². The summed E-state index contributed by atoms with van der Waals surface area (Å²) in [5, 5.41) is 9.00. The number of aromatic carboxylic acids is 1. The number of rotatable bonds is 3. The molecule has 4 nitrogen and oxygen atoms in total. The molecule has 1 aromatic heterocycles. The van der Waals surface area contributed by atoms with Crippen LogP contribution in [0.2, 0.25) is 0 Å². The van der Waals surface area contributed by atoms with Gasteiger partial charge in [0, 0.05) is 6.20 Å². The van der Waals surface area contributed by atoms with E-state index in [1.165, 1.54) is 6.20 Å². The van der Waals surface area contributed by atoms with E-state index in [-0.39, 0.29) is 11.4 Å². The smallest absolute Gasteiger partial charge is 0.358 e. The Morgan fingerprint density at radius 1 is 1.22 bits per heavy atom. The van der Waals surface area contributed by atoms with Crippen molar-refractivity contribution in [2.24, 2.45) is 0 Å². The van der Waals surface area contributed by atoms with Gasteiger partial charge in [-0.25, -0.2) is 9.78 Å². The molecule has 0 spiro atoms. The molecule has 1 heterocycles. The monoisotopic (exact) mass is 243 g/mol. The molecule has 2 rings (SSSR count). The van der Waals surface area contributed by atoms with Crippen molar-refractivity contribution in [1.82, 2.24) is 4.98 Å². The summed E-state index contributed by atoms with van der Waals surface area (Å²) in [6.45, 7) is 3.98. The molecule has 18 heavy (non-hydrogen) atoms. The van der Waals surface area contributed by atoms with Crippen molar-refractivity contribution in [3.05, 3.63) is 53.3 Å². The van der Waals surface area contributed by atoms with Crippen molar-refractivity contribution in [3.8, 4) is 11.5 Å². The third-order valence-corrected chi connectivity index (χ3v) is 2.68. The standard InChI is InChI=1S/C14H13NO3/c1-9-5-6-11(8-10(9)2)18-12-4-3-7-15-13(12)14(16)17/h3-8H,1-2H3,(H,16,17). The van der Waals surface area contributed by atoms with Gasteiger partial charge in [0.1, 0.15) is 5.75 Å². The molecule has 0 saturated carbocycles. The van der Waals surface area contributed by atoms with Gasteiger partial charge < -0.3 is 9.84 Å². The predicted octanol–water partition coefficient (Wildman–Crippen LogP) is 3.19. The molecule has 0 aliphatic carbocycles. The van der Waals surface area contributed by atoms with Crippen molar-refractivity contribution in [2.45, 2.75) is 13.8 Å². The van der Waals surface area contributed by atoms with E-state index in [1.54, 1.807) is 18.2 Å². The van der Waals surface area contributed by atoms with Crippen LogP contribution in [0.1, 0.15) is 21.6 Å². The molecule has 0 fully saturated rings. The summed E-state index contributed by atoms with van der Waals surface area (Å²) in [7, 11) is 0. The minimum atomic E-state index is -1.10. The van der Waals surface area contributed by atoms with Gasteiger partial charge in [0.15, 0.2) is 11.4 Å². The van der Waals surface area contributed by atoms with Gasteiger partial charge in [-0.1, -0.05) is 6.07 Å². The van der Waals surface area contributed by atoms with E-state index in [0.29, 0.717) is 5.75 Å². The zero-order valence-electron chi connectivity index (χ0n) is 10.2. The summed E-state index contributed by atoms with van der Waals surface area (Å²) >= 11 is 0. The molecular formula is C14H13NO3. The number of carboxylic acid groups (broad SMARTS) is 1. The Morgan fingerprint density at radius 3 is 2.67 bits per heavy atom. The first-order valence-electron chi connectivity index (χ1n) is 5.51. The third kappa shape index (κ3) is 2.48. The van der Waals surface area contributed by atoms with E-state index in [9.17, 15) is 4.79 Å². The van der Waals surface area contributed by atoms with Crippen molar-refractivity contribution < 1.29 is 14.6 Å². The second-order valence-corrected chi connectivity index (χ2v) is 4.00. The van der Waals surface area contributed by atoms with Gasteiger partial charge in [0.25, 0.3) is 0 Å². The van der Waals surface area contributed by atoms with Gasteiger partial charge in [-0.15, -0.1) is 0 Å². The summed E-state index contributed by atoms with van der Waals surface area (Å²) in [5.41, 5.74) is 2.16. The van der Waals surface area contributed by atoms with E-state index in [1.807, 2.05) is 26.0 Å². The minimum absolute atomic E-state index is 0.0873. The summed E-state index contributed by atoms with van der Waals surface area (Å²) < 4.78 is 5.56. The van der Waals surface area contributed by atoms with Crippen LogP contribution >= 0.6 is 0 Å². The maximum atomic E-state index is 11.0. The second kappa shape index (κ2) is 4.87. The Balaban J connectivity index is 2.34. The van der Waals surface area contributed by atoms with Crippen molar-refractivity contribution >= 4 is 5.97 Å². The normalized spacial score (nSPS) is 10.1. The topological polar surface area (TPSA) is 59.4 Å². The second-order valence-electron chi connectivity index (χ2n) is 4.00. The fraction of sp³-hybridized carbons (Fsp3) is 0.143. The Bertz CT molecular complexity index is 593. The quantitative estimate of drug-likeness (QED) is 0.899. The molecule has 0 bridgehead atoms. The summed E-state index contributed by atoms with van der Waals surface area (Å²) in [4.78, 5) is 14.8. The van der Waals surface area contributed by atoms with E-state index < -0.39 is 5.97 Å². The number of hydrogen-bond donors (Lipinski definition) is 1. The Kier molecular flexibility index (Phi) is 3.28. The molecule has 0 atom stereocenters. The number of carboxylic acids is 1. The molecule has 0 saturated heterocycles. The highest BCUT2D eigenvalue weighted by atomic mass is 16.5. The molecule has 4 heteroatoms. The van der Waals surface area contributed by atoms with Gasteiger partial charge >= 0.3 is 5.97 Å². The van der Waals surface area contributed by atoms with Gasteiger partial charge in [0.2, 0.25) is 0 Å². The number of ether oxygens (including phenoxy) is 1. The highest BCUT2D eigenvalue weighted by Gasteiger charge is 2.12. The lowest BCUT2D eigenvalue weighted by Gasteiger charge is -2.09. The molecule has 92 valence electrons. The average molecular weight is 243 g/mol. The molecule has 0 aliphatic rings. The largest absolute Gasteiger partial charge is 0.476 e. The lowest BCUT2D eigenvalue weighted by Crippen LogP contribution is -2.02. The Hall–Kier alpha value is -2.36. The zero-order chi connectivity index (χ0) is 13.1. The SMILES string of the molecule is Cc1ccc(Oc2cccnc2C(=O)O)cc1C. The Morgan fingerprint density at radius 2 is 2.00 bits per heavy atom. The van der Waals surface area contributed by atoms with Gasteiger partial charge in [-0.2, -0.15) is 0 Å². The molecule has 0 aliphatic heterocycles. The van der Waals surface area contributed by atoms with Crippen LogP contribution in [0.3, 0.4) is 0 Å². The number of aryl methyl sites for hydroxylation is 2. The summed E-state index contributed by atoms with van der Waals surface area (Å²) in [6.07, 6.45) is 1.43. The molecule has 1 aromatic carbocycles. The third-order valence-electron chi connectivity index (χ3n) is 2.68. The number of nitrogens with zero attached hydrogens (tertiary/aromatic N) is 1. The van der Waals surface area contributed by atoms with Crippen molar-refractivity contribution in [2.75, 3.05) is 0 Å². The maximum absolute atomic E-state index is 11.0. The lowest BCUT2D eigenvalue weighted by atomic mass is 10.1. The minimum Gasteiger partial charge on any atom is -0.476 e. The number of aromatic nitrogens is 1. The molecular weight excluding hydrogens is 230 g/mol. The van der Waals surface area contributed by atoms with Crippen LogP contribution in [0.5, 0.6) is 11.5 Å². The van der Waals surface area contributed by atoms with Crippen LogP contribution in [0.25, 0.3) is 0 Å². The van der Waals surface area contributed by atoms with Crippen LogP contribution in [0.4, 0.5) is 0 Å². The van der Waals surface area contributed by atoms with E-state index >= 15 is 0 Å². The van der Waals surface area contributed by atoms with Crippen LogP contribution < -0.4 is 4.74 Å². The highest BCUT2D eigenvalue weighted by Crippen LogP contribution is 2.25. The molecule has 0 amide bonds. The van der Waals surface area contributed by atoms with Crippen molar-refractivity contribution in [1.29, 1.82) is 0 Å².